The number of nitrogens with two attached hydrogens (primary N) is 1. The van der Waals surface area contributed by atoms with Gasteiger partial charge in [0.1, 0.15) is 5.82 Å². The van der Waals surface area contributed by atoms with Crippen LogP contribution in [0.2, 0.25) is 0 Å². The highest BCUT2D eigenvalue weighted by molar-refractivity contribution is 5.93. The second-order valence-electron chi connectivity index (χ2n) is 5.08. The smallest absolute Gasteiger partial charge is 0.228 e. The van der Waals surface area contributed by atoms with Crippen molar-refractivity contribution in [2.45, 2.75) is 19.9 Å². The molecule has 0 spiro atoms. The van der Waals surface area contributed by atoms with Crippen LogP contribution in [0.5, 0.6) is 0 Å². The first-order chi connectivity index (χ1) is 9.49. The van der Waals surface area contributed by atoms with Crippen molar-refractivity contribution in [2.75, 3.05) is 5.32 Å². The first-order valence-electron chi connectivity index (χ1n) is 6.63. The molecule has 0 aliphatic rings. The van der Waals surface area contributed by atoms with Gasteiger partial charge in [-0.15, -0.1) is 24.8 Å². The zero-order chi connectivity index (χ0) is 14.7. The Morgan fingerprint density at radius 1 is 1.32 bits per heavy atom. The number of amides is 1. The fraction of sp³-hybridized carbons (Fsp3) is 0.333. The van der Waals surface area contributed by atoms with E-state index in [0.29, 0.717) is 0 Å². The van der Waals surface area contributed by atoms with Gasteiger partial charge >= 0.3 is 0 Å². The largest absolute Gasteiger partial charge is 0.334 e. The third-order valence-electron chi connectivity index (χ3n) is 3.41. The standard InChI is InChI=1S/C15H20N4O.2ClH/c1-10(11(2)16)15(20)18-13-6-4-5-12(9-13)14-17-7-8-19(14)3;;/h4-11H,16H2,1-3H3,(H,18,20);2*1H. The number of hydrogen-bond acceptors (Lipinski definition) is 3. The summed E-state index contributed by atoms with van der Waals surface area (Å²) in [4.78, 5) is 16.3. The van der Waals surface area contributed by atoms with Gasteiger partial charge in [-0.3, -0.25) is 4.79 Å². The second-order valence-corrected chi connectivity index (χ2v) is 5.08. The fourth-order valence-corrected chi connectivity index (χ4v) is 1.87. The summed E-state index contributed by atoms with van der Waals surface area (Å²) in [7, 11) is 1.94. The summed E-state index contributed by atoms with van der Waals surface area (Å²) >= 11 is 0. The number of carbonyl (C=O) groups excluding carboxylic acids is 1. The number of aromatic nitrogens is 2. The lowest BCUT2D eigenvalue weighted by atomic mass is 10.0. The summed E-state index contributed by atoms with van der Waals surface area (Å²) in [5.41, 5.74) is 7.46. The Labute approximate surface area is 143 Å². The molecule has 2 unspecified atom stereocenters. The van der Waals surface area contributed by atoms with E-state index in [-0.39, 0.29) is 42.7 Å². The number of imidazole rings is 1. The van der Waals surface area contributed by atoms with Crippen LogP contribution in [0, 0.1) is 5.92 Å². The molecule has 2 aromatic rings. The first kappa shape index (κ1) is 20.4. The summed E-state index contributed by atoms with van der Waals surface area (Å²) < 4.78 is 1.94. The summed E-state index contributed by atoms with van der Waals surface area (Å²) in [5, 5.41) is 2.89. The minimum atomic E-state index is -0.230. The number of benzene rings is 1. The molecule has 1 heterocycles. The molecule has 3 N–H and O–H groups in total. The highest BCUT2D eigenvalue weighted by Gasteiger charge is 2.17. The van der Waals surface area contributed by atoms with Crippen molar-refractivity contribution in [3.8, 4) is 11.4 Å². The first-order valence-corrected chi connectivity index (χ1v) is 6.63. The van der Waals surface area contributed by atoms with Crippen molar-refractivity contribution in [2.24, 2.45) is 18.7 Å². The molecule has 22 heavy (non-hydrogen) atoms. The van der Waals surface area contributed by atoms with Gasteiger partial charge in [-0.25, -0.2) is 4.98 Å². The van der Waals surface area contributed by atoms with E-state index in [2.05, 4.69) is 10.3 Å². The molecule has 122 valence electrons. The van der Waals surface area contributed by atoms with Crippen LogP contribution in [0.25, 0.3) is 11.4 Å². The van der Waals surface area contributed by atoms with Crippen LogP contribution >= 0.6 is 24.8 Å². The van der Waals surface area contributed by atoms with E-state index in [4.69, 9.17) is 5.73 Å². The monoisotopic (exact) mass is 344 g/mol. The molecule has 1 amide bonds. The van der Waals surface area contributed by atoms with Gasteiger partial charge in [0.05, 0.1) is 5.92 Å². The van der Waals surface area contributed by atoms with E-state index < -0.39 is 0 Å². The SMILES string of the molecule is CC(N)C(C)C(=O)Nc1cccc(-c2nccn2C)c1.Cl.Cl. The van der Waals surface area contributed by atoms with Crippen molar-refractivity contribution >= 4 is 36.4 Å². The van der Waals surface area contributed by atoms with E-state index in [1.807, 2.05) is 55.9 Å². The molecule has 0 radical (unpaired) electrons. The van der Waals surface area contributed by atoms with Crippen molar-refractivity contribution in [1.29, 1.82) is 0 Å². The predicted octanol–water partition coefficient (Wildman–Crippen LogP) is 2.85. The van der Waals surface area contributed by atoms with Gasteiger partial charge in [-0.1, -0.05) is 19.1 Å². The molecule has 0 fully saturated rings. The Morgan fingerprint density at radius 2 is 2.00 bits per heavy atom. The van der Waals surface area contributed by atoms with E-state index >= 15 is 0 Å². The van der Waals surface area contributed by atoms with Gasteiger partial charge in [0, 0.05) is 36.7 Å². The fourth-order valence-electron chi connectivity index (χ4n) is 1.87. The van der Waals surface area contributed by atoms with Crippen LogP contribution in [0.4, 0.5) is 5.69 Å². The quantitative estimate of drug-likeness (QED) is 0.895. The van der Waals surface area contributed by atoms with Crippen LogP contribution in [0.15, 0.2) is 36.7 Å². The number of hydrogen-bond donors (Lipinski definition) is 2. The lowest BCUT2D eigenvalue weighted by Crippen LogP contribution is -2.34. The number of carbonyl (C=O) groups is 1. The van der Waals surface area contributed by atoms with Gasteiger partial charge in [0.15, 0.2) is 0 Å². The van der Waals surface area contributed by atoms with Gasteiger partial charge in [-0.2, -0.15) is 0 Å². The Hall–Kier alpha value is -1.56. The molecular formula is C15H22Cl2N4O. The summed E-state index contributed by atoms with van der Waals surface area (Å²) in [6.07, 6.45) is 3.64. The Morgan fingerprint density at radius 3 is 2.55 bits per heavy atom. The molecule has 2 atom stereocenters. The number of aryl methyl sites for hydroxylation is 1. The van der Waals surface area contributed by atoms with E-state index in [1.54, 1.807) is 6.20 Å². The Balaban J connectivity index is 0.00000220. The number of halogens is 2. The highest BCUT2D eigenvalue weighted by atomic mass is 35.5. The molecule has 1 aromatic carbocycles. The number of nitrogens with zero attached hydrogens (tertiary/aromatic N) is 2. The maximum absolute atomic E-state index is 12.0. The lowest BCUT2D eigenvalue weighted by Gasteiger charge is -2.15. The molecule has 0 saturated heterocycles. The van der Waals surface area contributed by atoms with Crippen molar-refractivity contribution in [1.82, 2.24) is 9.55 Å². The van der Waals surface area contributed by atoms with Crippen LogP contribution in [0.1, 0.15) is 13.8 Å². The molecule has 7 heteroatoms. The van der Waals surface area contributed by atoms with Gasteiger partial charge in [0.2, 0.25) is 5.91 Å². The average molecular weight is 345 g/mol. The second kappa shape index (κ2) is 8.78. The Bertz CT molecular complexity index is 613. The molecule has 1 aromatic heterocycles. The molecule has 0 aliphatic carbocycles. The summed E-state index contributed by atoms with van der Waals surface area (Å²) in [6, 6.07) is 7.46. The molecule has 0 bridgehead atoms. The van der Waals surface area contributed by atoms with Gasteiger partial charge in [-0.05, 0) is 19.1 Å². The lowest BCUT2D eigenvalue weighted by molar-refractivity contribution is -0.119. The highest BCUT2D eigenvalue weighted by Crippen LogP contribution is 2.21. The van der Waals surface area contributed by atoms with E-state index in [1.165, 1.54) is 0 Å². The van der Waals surface area contributed by atoms with Gasteiger partial charge in [0.25, 0.3) is 0 Å². The minimum absolute atomic E-state index is 0. The van der Waals surface area contributed by atoms with Crippen molar-refractivity contribution < 1.29 is 4.79 Å². The maximum atomic E-state index is 12.0. The van der Waals surface area contributed by atoms with Crippen LogP contribution in [-0.2, 0) is 11.8 Å². The van der Waals surface area contributed by atoms with Crippen molar-refractivity contribution in [3.63, 3.8) is 0 Å². The van der Waals surface area contributed by atoms with Crippen LogP contribution < -0.4 is 11.1 Å². The van der Waals surface area contributed by atoms with Crippen molar-refractivity contribution in [3.05, 3.63) is 36.7 Å². The molecular weight excluding hydrogens is 323 g/mol. The Kier molecular flexibility index (Phi) is 8.16. The molecule has 5 nitrogen and oxygen atoms in total. The van der Waals surface area contributed by atoms with E-state index in [0.717, 1.165) is 17.1 Å². The maximum Gasteiger partial charge on any atom is 0.228 e. The average Bonchev–Trinajstić information content (AvgIpc) is 2.84. The zero-order valence-corrected chi connectivity index (χ0v) is 14.4. The number of rotatable bonds is 4. The summed E-state index contributed by atoms with van der Waals surface area (Å²) in [6.45, 7) is 3.65. The molecule has 0 saturated carbocycles. The normalized spacial score (nSPS) is 12.5. The number of nitrogens with one attached hydrogen (secondary N) is 1. The van der Waals surface area contributed by atoms with Crippen LogP contribution in [-0.4, -0.2) is 21.5 Å². The third kappa shape index (κ3) is 4.73. The predicted molar refractivity (Wildman–Crippen MR) is 94.6 cm³/mol. The molecule has 0 aliphatic heterocycles. The van der Waals surface area contributed by atoms with E-state index in [9.17, 15) is 4.79 Å². The minimum Gasteiger partial charge on any atom is -0.334 e. The zero-order valence-electron chi connectivity index (χ0n) is 12.8. The summed E-state index contributed by atoms with van der Waals surface area (Å²) in [5.74, 6) is 0.560. The topological polar surface area (TPSA) is 72.9 Å². The van der Waals surface area contributed by atoms with Gasteiger partial charge < -0.3 is 15.6 Å². The third-order valence-corrected chi connectivity index (χ3v) is 3.41. The van der Waals surface area contributed by atoms with Crippen LogP contribution in [0.3, 0.4) is 0 Å². The number of anilines is 1. The molecule has 2 rings (SSSR count).